The molecule has 0 aliphatic heterocycles. The molecule has 0 saturated heterocycles. The van der Waals surface area contributed by atoms with Crippen LogP contribution in [-0.2, 0) is 11.2 Å². The number of halogens is 2. The summed E-state index contributed by atoms with van der Waals surface area (Å²) in [6.07, 6.45) is 0.911. The van der Waals surface area contributed by atoms with E-state index in [-0.39, 0.29) is 5.97 Å². The van der Waals surface area contributed by atoms with Crippen LogP contribution in [0.4, 0.5) is 0 Å². The van der Waals surface area contributed by atoms with Crippen LogP contribution in [0, 0.1) is 6.92 Å². The quantitative estimate of drug-likeness (QED) is 0.596. The second-order valence-electron chi connectivity index (χ2n) is 4.51. The number of carbonyl (C=O) groups excluding carboxylic acids is 1. The SMILES string of the molecule is Cc1cc(OC(=O)CCc2cccc(Cl)c2)ccc1Cl. The maximum atomic E-state index is 11.8. The Morgan fingerprint density at radius 3 is 2.65 bits per heavy atom. The summed E-state index contributed by atoms with van der Waals surface area (Å²) in [7, 11) is 0. The minimum absolute atomic E-state index is 0.272. The standard InChI is InChI=1S/C16H14Cl2O2/c1-11-9-14(6-7-15(11)18)20-16(19)8-5-12-3-2-4-13(17)10-12/h2-4,6-7,9-10H,5,8H2,1H3. The molecule has 0 N–H and O–H groups in total. The van der Waals surface area contributed by atoms with Crippen molar-refractivity contribution in [3.05, 3.63) is 63.6 Å². The number of aryl methyl sites for hydroxylation is 2. The maximum absolute atomic E-state index is 11.8. The van der Waals surface area contributed by atoms with Crippen molar-refractivity contribution in [2.75, 3.05) is 0 Å². The van der Waals surface area contributed by atoms with E-state index in [9.17, 15) is 4.79 Å². The van der Waals surface area contributed by atoms with E-state index in [1.165, 1.54) is 0 Å². The molecule has 20 heavy (non-hydrogen) atoms. The summed E-state index contributed by atoms with van der Waals surface area (Å²) in [5, 5.41) is 1.33. The Labute approximate surface area is 128 Å². The summed E-state index contributed by atoms with van der Waals surface area (Å²) in [5.41, 5.74) is 1.90. The van der Waals surface area contributed by atoms with Crippen molar-refractivity contribution in [3.8, 4) is 5.75 Å². The van der Waals surface area contributed by atoms with Crippen LogP contribution in [0.2, 0.25) is 10.0 Å². The van der Waals surface area contributed by atoms with Crippen LogP contribution >= 0.6 is 23.2 Å². The van der Waals surface area contributed by atoms with Crippen molar-refractivity contribution < 1.29 is 9.53 Å². The normalized spacial score (nSPS) is 10.3. The first kappa shape index (κ1) is 14.9. The Morgan fingerprint density at radius 2 is 1.95 bits per heavy atom. The summed E-state index contributed by atoms with van der Waals surface area (Å²) in [5.74, 6) is 0.245. The molecular formula is C16H14Cl2O2. The van der Waals surface area contributed by atoms with Gasteiger partial charge in [0, 0.05) is 16.5 Å². The third-order valence-corrected chi connectivity index (χ3v) is 3.53. The lowest BCUT2D eigenvalue weighted by molar-refractivity contribution is -0.134. The molecule has 104 valence electrons. The maximum Gasteiger partial charge on any atom is 0.311 e. The lowest BCUT2D eigenvalue weighted by Crippen LogP contribution is -2.09. The van der Waals surface area contributed by atoms with Gasteiger partial charge in [0.25, 0.3) is 0 Å². The number of esters is 1. The molecule has 0 aliphatic rings. The van der Waals surface area contributed by atoms with Gasteiger partial charge in [-0.15, -0.1) is 0 Å². The van der Waals surface area contributed by atoms with Gasteiger partial charge in [-0.25, -0.2) is 0 Å². The first-order valence-electron chi connectivity index (χ1n) is 6.26. The minimum atomic E-state index is -0.272. The van der Waals surface area contributed by atoms with Crippen LogP contribution in [0.3, 0.4) is 0 Å². The van der Waals surface area contributed by atoms with Crippen molar-refractivity contribution in [1.29, 1.82) is 0 Å². The fraction of sp³-hybridized carbons (Fsp3) is 0.188. The molecular weight excluding hydrogens is 295 g/mol. The highest BCUT2D eigenvalue weighted by atomic mass is 35.5. The highest BCUT2D eigenvalue weighted by molar-refractivity contribution is 6.31. The van der Waals surface area contributed by atoms with Gasteiger partial charge in [0.15, 0.2) is 0 Å². The van der Waals surface area contributed by atoms with Gasteiger partial charge in [0.05, 0.1) is 0 Å². The Balaban J connectivity index is 1.91. The third kappa shape index (κ3) is 4.26. The first-order chi connectivity index (χ1) is 9.54. The third-order valence-electron chi connectivity index (χ3n) is 2.87. The van der Waals surface area contributed by atoms with Gasteiger partial charge < -0.3 is 4.74 Å². The Kier molecular flexibility index (Phi) is 5.05. The highest BCUT2D eigenvalue weighted by Gasteiger charge is 2.07. The van der Waals surface area contributed by atoms with Gasteiger partial charge >= 0.3 is 5.97 Å². The molecule has 0 unspecified atom stereocenters. The van der Waals surface area contributed by atoms with Crippen molar-refractivity contribution in [1.82, 2.24) is 0 Å². The van der Waals surface area contributed by atoms with Crippen LogP contribution in [0.5, 0.6) is 5.75 Å². The monoisotopic (exact) mass is 308 g/mol. The van der Waals surface area contributed by atoms with Gasteiger partial charge in [0.1, 0.15) is 5.75 Å². The smallest absolute Gasteiger partial charge is 0.311 e. The number of hydrogen-bond acceptors (Lipinski definition) is 2. The summed E-state index contributed by atoms with van der Waals surface area (Å²) >= 11 is 11.8. The van der Waals surface area contributed by atoms with E-state index in [1.54, 1.807) is 24.3 Å². The number of hydrogen-bond donors (Lipinski definition) is 0. The predicted molar refractivity (Wildman–Crippen MR) is 81.6 cm³/mol. The largest absolute Gasteiger partial charge is 0.427 e. The van der Waals surface area contributed by atoms with Crippen LogP contribution in [-0.4, -0.2) is 5.97 Å². The fourth-order valence-corrected chi connectivity index (χ4v) is 2.13. The van der Waals surface area contributed by atoms with Crippen LogP contribution in [0.15, 0.2) is 42.5 Å². The molecule has 2 nitrogen and oxygen atoms in total. The van der Waals surface area contributed by atoms with Gasteiger partial charge in [0.2, 0.25) is 0 Å². The Morgan fingerprint density at radius 1 is 1.15 bits per heavy atom. The summed E-state index contributed by atoms with van der Waals surface area (Å²) < 4.78 is 5.27. The van der Waals surface area contributed by atoms with E-state index in [0.717, 1.165) is 11.1 Å². The lowest BCUT2D eigenvalue weighted by atomic mass is 10.1. The molecule has 0 radical (unpaired) electrons. The molecule has 0 aliphatic carbocycles. The van der Waals surface area contributed by atoms with E-state index in [4.69, 9.17) is 27.9 Å². The minimum Gasteiger partial charge on any atom is -0.427 e. The van der Waals surface area contributed by atoms with E-state index in [2.05, 4.69) is 0 Å². The van der Waals surface area contributed by atoms with E-state index in [0.29, 0.717) is 28.6 Å². The topological polar surface area (TPSA) is 26.3 Å². The molecule has 0 bridgehead atoms. The van der Waals surface area contributed by atoms with E-state index < -0.39 is 0 Å². The molecule has 2 aromatic rings. The average Bonchev–Trinajstić information content (AvgIpc) is 2.41. The highest BCUT2D eigenvalue weighted by Crippen LogP contribution is 2.21. The second-order valence-corrected chi connectivity index (χ2v) is 5.36. The zero-order valence-corrected chi connectivity index (χ0v) is 12.5. The van der Waals surface area contributed by atoms with Crippen LogP contribution in [0.1, 0.15) is 17.5 Å². The fourth-order valence-electron chi connectivity index (χ4n) is 1.80. The van der Waals surface area contributed by atoms with Gasteiger partial charge in [-0.2, -0.15) is 0 Å². The van der Waals surface area contributed by atoms with E-state index >= 15 is 0 Å². The molecule has 0 aromatic heterocycles. The molecule has 0 spiro atoms. The predicted octanol–water partition coefficient (Wildman–Crippen LogP) is 4.84. The second kappa shape index (κ2) is 6.78. The zero-order valence-electron chi connectivity index (χ0n) is 11.0. The van der Waals surface area contributed by atoms with Gasteiger partial charge in [-0.05, 0) is 54.8 Å². The molecule has 0 fully saturated rings. The number of carbonyl (C=O) groups is 1. The molecule has 0 saturated carbocycles. The number of benzene rings is 2. The molecule has 0 atom stereocenters. The van der Waals surface area contributed by atoms with Crippen LogP contribution < -0.4 is 4.74 Å². The average molecular weight is 309 g/mol. The lowest BCUT2D eigenvalue weighted by Gasteiger charge is -2.06. The summed E-state index contributed by atoms with van der Waals surface area (Å²) in [6, 6.07) is 12.6. The Hall–Kier alpha value is -1.51. The van der Waals surface area contributed by atoms with Crippen molar-refractivity contribution in [3.63, 3.8) is 0 Å². The molecule has 4 heteroatoms. The van der Waals surface area contributed by atoms with Crippen molar-refractivity contribution in [2.24, 2.45) is 0 Å². The van der Waals surface area contributed by atoms with Crippen molar-refractivity contribution >= 4 is 29.2 Å². The van der Waals surface area contributed by atoms with Crippen molar-refractivity contribution in [2.45, 2.75) is 19.8 Å². The van der Waals surface area contributed by atoms with E-state index in [1.807, 2.05) is 25.1 Å². The van der Waals surface area contributed by atoms with Gasteiger partial charge in [-0.1, -0.05) is 35.3 Å². The summed E-state index contributed by atoms with van der Waals surface area (Å²) in [6.45, 7) is 1.87. The Bertz CT molecular complexity index is 624. The molecule has 0 amide bonds. The summed E-state index contributed by atoms with van der Waals surface area (Å²) in [4.78, 5) is 11.8. The van der Waals surface area contributed by atoms with Crippen LogP contribution in [0.25, 0.3) is 0 Å². The molecule has 2 rings (SSSR count). The number of ether oxygens (including phenoxy) is 1. The number of rotatable bonds is 4. The molecule has 0 heterocycles. The molecule has 2 aromatic carbocycles. The zero-order chi connectivity index (χ0) is 14.5. The first-order valence-corrected chi connectivity index (χ1v) is 7.01. The van der Waals surface area contributed by atoms with Gasteiger partial charge in [-0.3, -0.25) is 4.79 Å².